The summed E-state index contributed by atoms with van der Waals surface area (Å²) in [6.07, 6.45) is 1.81. The molecular formula is C13H21N3O2S. The molecule has 0 aromatic heterocycles. The second-order valence-electron chi connectivity index (χ2n) is 4.93. The van der Waals surface area contributed by atoms with Crippen molar-refractivity contribution >= 4 is 15.9 Å². The molecular weight excluding hydrogens is 262 g/mol. The van der Waals surface area contributed by atoms with E-state index in [-0.39, 0.29) is 6.04 Å². The van der Waals surface area contributed by atoms with Crippen LogP contribution in [0, 0.1) is 0 Å². The van der Waals surface area contributed by atoms with E-state index in [4.69, 9.17) is 5.14 Å². The van der Waals surface area contributed by atoms with Crippen molar-refractivity contribution in [1.82, 2.24) is 5.32 Å². The van der Waals surface area contributed by atoms with Gasteiger partial charge in [-0.1, -0.05) is 19.1 Å². The topological polar surface area (TPSA) is 75.4 Å². The summed E-state index contributed by atoms with van der Waals surface area (Å²) in [6.45, 7) is 5.66. The molecule has 1 atom stereocenters. The SMILES string of the molecule is CCCNC(C)c1ccc2c(c1)CCN2S(N)(=O)=O. The standard InChI is InChI=1S/C13H21N3O2S/c1-3-7-15-10(2)11-4-5-13-12(9-11)6-8-16(13)19(14,17)18/h4-5,9-10,15H,3,6-8H2,1-2H3,(H2,14,17,18). The molecule has 0 bridgehead atoms. The first kappa shape index (κ1) is 14.3. The van der Waals surface area contributed by atoms with Crippen LogP contribution in [-0.2, 0) is 16.6 Å². The Kier molecular flexibility index (Phi) is 4.13. The molecule has 0 radical (unpaired) electrons. The summed E-state index contributed by atoms with van der Waals surface area (Å²) in [6, 6.07) is 6.17. The van der Waals surface area contributed by atoms with Gasteiger partial charge in [0.1, 0.15) is 0 Å². The minimum Gasteiger partial charge on any atom is -0.310 e. The molecule has 6 heteroatoms. The van der Waals surface area contributed by atoms with Crippen molar-refractivity contribution in [2.45, 2.75) is 32.7 Å². The molecule has 5 nitrogen and oxygen atoms in total. The Labute approximate surface area is 115 Å². The lowest BCUT2D eigenvalue weighted by atomic mass is 10.0. The molecule has 19 heavy (non-hydrogen) atoms. The first-order valence-electron chi connectivity index (χ1n) is 6.60. The van der Waals surface area contributed by atoms with Crippen molar-refractivity contribution in [1.29, 1.82) is 0 Å². The molecule has 1 aromatic carbocycles. The normalized spacial score (nSPS) is 16.5. The van der Waals surface area contributed by atoms with Crippen LogP contribution in [0.3, 0.4) is 0 Å². The van der Waals surface area contributed by atoms with E-state index in [2.05, 4.69) is 25.2 Å². The average molecular weight is 283 g/mol. The fraction of sp³-hybridized carbons (Fsp3) is 0.538. The summed E-state index contributed by atoms with van der Waals surface area (Å²) in [5.74, 6) is 0. The third-order valence-electron chi connectivity index (χ3n) is 3.46. The van der Waals surface area contributed by atoms with Crippen LogP contribution in [0.25, 0.3) is 0 Å². The van der Waals surface area contributed by atoms with Crippen LogP contribution in [0.2, 0.25) is 0 Å². The number of fused-ring (bicyclic) bond motifs is 1. The van der Waals surface area contributed by atoms with Gasteiger partial charge < -0.3 is 5.32 Å². The molecule has 2 rings (SSSR count). The average Bonchev–Trinajstić information content (AvgIpc) is 2.78. The smallest absolute Gasteiger partial charge is 0.299 e. The van der Waals surface area contributed by atoms with E-state index in [1.807, 2.05) is 12.1 Å². The summed E-state index contributed by atoms with van der Waals surface area (Å²) in [7, 11) is -3.65. The Morgan fingerprint density at radius 2 is 2.21 bits per heavy atom. The fourth-order valence-electron chi connectivity index (χ4n) is 2.40. The first-order valence-corrected chi connectivity index (χ1v) is 8.10. The molecule has 106 valence electrons. The number of rotatable bonds is 5. The van der Waals surface area contributed by atoms with E-state index in [9.17, 15) is 8.42 Å². The van der Waals surface area contributed by atoms with E-state index in [0.29, 0.717) is 12.2 Å². The zero-order valence-electron chi connectivity index (χ0n) is 11.4. The van der Waals surface area contributed by atoms with Gasteiger partial charge in [0.05, 0.1) is 5.69 Å². The van der Waals surface area contributed by atoms with Crippen LogP contribution in [-0.4, -0.2) is 21.5 Å². The Balaban J connectivity index is 2.23. The van der Waals surface area contributed by atoms with Gasteiger partial charge in [0.15, 0.2) is 0 Å². The number of hydrogen-bond donors (Lipinski definition) is 2. The number of anilines is 1. The summed E-state index contributed by atoms with van der Waals surface area (Å²) >= 11 is 0. The highest BCUT2D eigenvalue weighted by atomic mass is 32.2. The van der Waals surface area contributed by atoms with Gasteiger partial charge in [-0.05, 0) is 43.5 Å². The molecule has 0 amide bonds. The van der Waals surface area contributed by atoms with Crippen molar-refractivity contribution < 1.29 is 8.42 Å². The van der Waals surface area contributed by atoms with Gasteiger partial charge in [-0.3, -0.25) is 4.31 Å². The van der Waals surface area contributed by atoms with Crippen molar-refractivity contribution in [3.05, 3.63) is 29.3 Å². The van der Waals surface area contributed by atoms with Gasteiger partial charge in [-0.15, -0.1) is 0 Å². The van der Waals surface area contributed by atoms with E-state index in [1.54, 1.807) is 0 Å². The van der Waals surface area contributed by atoms with Crippen LogP contribution in [0.1, 0.15) is 37.4 Å². The molecule has 0 aliphatic carbocycles. The maximum absolute atomic E-state index is 11.4. The molecule has 0 saturated carbocycles. The Bertz CT molecular complexity index is 557. The quantitative estimate of drug-likeness (QED) is 0.855. The summed E-state index contributed by atoms with van der Waals surface area (Å²) in [5, 5.41) is 8.63. The lowest BCUT2D eigenvalue weighted by Gasteiger charge is -2.18. The predicted molar refractivity (Wildman–Crippen MR) is 77.3 cm³/mol. The van der Waals surface area contributed by atoms with Crippen LogP contribution < -0.4 is 14.8 Å². The molecule has 0 fully saturated rings. The summed E-state index contributed by atoms with van der Waals surface area (Å²) in [4.78, 5) is 0. The molecule has 1 heterocycles. The number of nitrogens with two attached hydrogens (primary N) is 1. The van der Waals surface area contributed by atoms with Crippen LogP contribution in [0.15, 0.2) is 18.2 Å². The number of nitrogens with one attached hydrogen (secondary N) is 1. The van der Waals surface area contributed by atoms with E-state index in [0.717, 1.165) is 24.9 Å². The molecule has 1 unspecified atom stereocenters. The number of benzene rings is 1. The van der Waals surface area contributed by atoms with Gasteiger partial charge in [0, 0.05) is 12.6 Å². The third kappa shape index (κ3) is 3.08. The van der Waals surface area contributed by atoms with E-state index >= 15 is 0 Å². The number of nitrogens with zero attached hydrogens (tertiary/aromatic N) is 1. The second-order valence-corrected chi connectivity index (χ2v) is 6.40. The number of hydrogen-bond acceptors (Lipinski definition) is 3. The van der Waals surface area contributed by atoms with Gasteiger partial charge in [0.25, 0.3) is 10.2 Å². The maximum Gasteiger partial charge on any atom is 0.299 e. The zero-order valence-corrected chi connectivity index (χ0v) is 12.2. The fourth-order valence-corrected chi connectivity index (χ4v) is 3.20. The molecule has 0 spiro atoms. The van der Waals surface area contributed by atoms with Crippen molar-refractivity contribution in [2.24, 2.45) is 5.14 Å². The monoisotopic (exact) mass is 283 g/mol. The van der Waals surface area contributed by atoms with E-state index in [1.165, 1.54) is 9.87 Å². The second kappa shape index (κ2) is 5.48. The molecule has 1 aromatic rings. The zero-order chi connectivity index (χ0) is 14.0. The minimum absolute atomic E-state index is 0.272. The maximum atomic E-state index is 11.4. The Morgan fingerprint density at radius 3 is 2.84 bits per heavy atom. The summed E-state index contributed by atoms with van der Waals surface area (Å²) < 4.78 is 24.2. The predicted octanol–water partition coefficient (Wildman–Crippen LogP) is 1.31. The lowest BCUT2D eigenvalue weighted by molar-refractivity contribution is 0.570. The van der Waals surface area contributed by atoms with Gasteiger partial charge in [-0.25, -0.2) is 5.14 Å². The minimum atomic E-state index is -3.65. The van der Waals surface area contributed by atoms with Crippen molar-refractivity contribution in [2.75, 3.05) is 17.4 Å². The Hall–Kier alpha value is -1.11. The van der Waals surface area contributed by atoms with Gasteiger partial charge in [0.2, 0.25) is 0 Å². The van der Waals surface area contributed by atoms with Crippen LogP contribution in [0.5, 0.6) is 0 Å². The summed E-state index contributed by atoms with van der Waals surface area (Å²) in [5.41, 5.74) is 2.95. The van der Waals surface area contributed by atoms with Crippen LogP contribution in [0.4, 0.5) is 5.69 Å². The highest BCUT2D eigenvalue weighted by molar-refractivity contribution is 7.90. The largest absolute Gasteiger partial charge is 0.310 e. The van der Waals surface area contributed by atoms with Crippen LogP contribution >= 0.6 is 0 Å². The van der Waals surface area contributed by atoms with Gasteiger partial charge >= 0.3 is 0 Å². The molecule has 3 N–H and O–H groups in total. The Morgan fingerprint density at radius 1 is 1.47 bits per heavy atom. The van der Waals surface area contributed by atoms with Crippen molar-refractivity contribution in [3.8, 4) is 0 Å². The van der Waals surface area contributed by atoms with Crippen molar-refractivity contribution in [3.63, 3.8) is 0 Å². The molecule has 1 aliphatic rings. The highest BCUT2D eigenvalue weighted by Gasteiger charge is 2.26. The first-order chi connectivity index (χ1) is 8.93. The molecule has 0 saturated heterocycles. The highest BCUT2D eigenvalue weighted by Crippen LogP contribution is 2.31. The lowest BCUT2D eigenvalue weighted by Crippen LogP contribution is -2.35. The van der Waals surface area contributed by atoms with Gasteiger partial charge in [-0.2, -0.15) is 8.42 Å². The molecule has 1 aliphatic heterocycles. The van der Waals surface area contributed by atoms with E-state index < -0.39 is 10.2 Å². The third-order valence-corrected chi connectivity index (χ3v) is 4.46.